The number of nitrogens with one attached hydrogen (secondary N) is 1. The van der Waals surface area contributed by atoms with E-state index in [0.717, 1.165) is 21.7 Å². The molecule has 1 N–H and O–H groups in total. The Morgan fingerprint density at radius 2 is 2.18 bits per heavy atom. The summed E-state index contributed by atoms with van der Waals surface area (Å²) in [6.45, 7) is 3.75. The zero-order chi connectivity index (χ0) is 15.7. The van der Waals surface area contributed by atoms with E-state index in [2.05, 4.69) is 15.5 Å². The summed E-state index contributed by atoms with van der Waals surface area (Å²) >= 11 is 1.30. The number of fused-ring (bicyclic) bond motifs is 1. The SMILES string of the molecule is COC(C)c1nnc(NC(=O)c2ccc3oc(C)cc3c2)s1. The van der Waals surface area contributed by atoms with Crippen LogP contribution in [0.2, 0.25) is 0 Å². The molecule has 1 unspecified atom stereocenters. The number of carbonyl (C=O) groups is 1. The molecular formula is C15H15N3O3S. The van der Waals surface area contributed by atoms with Gasteiger partial charge in [0.15, 0.2) is 0 Å². The molecule has 22 heavy (non-hydrogen) atoms. The Morgan fingerprint density at radius 3 is 2.95 bits per heavy atom. The molecule has 0 radical (unpaired) electrons. The van der Waals surface area contributed by atoms with Crippen molar-refractivity contribution in [3.8, 4) is 0 Å². The van der Waals surface area contributed by atoms with Crippen LogP contribution in [0.5, 0.6) is 0 Å². The van der Waals surface area contributed by atoms with Crippen LogP contribution in [0.1, 0.15) is 34.2 Å². The number of nitrogens with zero attached hydrogens (tertiary/aromatic N) is 2. The molecule has 3 rings (SSSR count). The maximum Gasteiger partial charge on any atom is 0.257 e. The predicted molar refractivity (Wildman–Crippen MR) is 84.2 cm³/mol. The van der Waals surface area contributed by atoms with Crippen LogP contribution in [0.4, 0.5) is 5.13 Å². The van der Waals surface area contributed by atoms with Crippen molar-refractivity contribution >= 4 is 33.3 Å². The van der Waals surface area contributed by atoms with E-state index in [1.165, 1.54) is 11.3 Å². The monoisotopic (exact) mass is 317 g/mol. The van der Waals surface area contributed by atoms with Gasteiger partial charge in [0.2, 0.25) is 5.13 Å². The molecule has 7 heteroatoms. The molecule has 1 amide bonds. The fraction of sp³-hybridized carbons (Fsp3) is 0.267. The first-order valence-electron chi connectivity index (χ1n) is 6.74. The molecule has 0 saturated carbocycles. The Hall–Kier alpha value is -2.25. The molecule has 0 aliphatic heterocycles. The van der Waals surface area contributed by atoms with E-state index in [-0.39, 0.29) is 12.0 Å². The second-order valence-electron chi connectivity index (χ2n) is 4.89. The molecule has 2 heterocycles. The number of ether oxygens (including phenoxy) is 1. The number of benzene rings is 1. The predicted octanol–water partition coefficient (Wildman–Crippen LogP) is 3.55. The highest BCUT2D eigenvalue weighted by Gasteiger charge is 2.14. The molecule has 1 aromatic carbocycles. The van der Waals surface area contributed by atoms with Crippen molar-refractivity contribution in [1.29, 1.82) is 0 Å². The van der Waals surface area contributed by atoms with E-state index in [1.54, 1.807) is 25.3 Å². The number of rotatable bonds is 4. The van der Waals surface area contributed by atoms with Crippen molar-refractivity contribution < 1.29 is 13.9 Å². The number of amides is 1. The van der Waals surface area contributed by atoms with Crippen molar-refractivity contribution in [2.24, 2.45) is 0 Å². The maximum atomic E-state index is 12.3. The average molecular weight is 317 g/mol. The van der Waals surface area contributed by atoms with Crippen LogP contribution in [0.25, 0.3) is 11.0 Å². The fourth-order valence-electron chi connectivity index (χ4n) is 2.04. The Bertz CT molecular complexity index is 824. The van der Waals surface area contributed by atoms with E-state index < -0.39 is 0 Å². The van der Waals surface area contributed by atoms with Crippen molar-refractivity contribution in [2.75, 3.05) is 12.4 Å². The molecule has 0 aliphatic carbocycles. The van der Waals surface area contributed by atoms with Gasteiger partial charge in [-0.2, -0.15) is 0 Å². The number of aryl methyl sites for hydroxylation is 1. The lowest BCUT2D eigenvalue weighted by Gasteiger charge is -2.02. The van der Waals surface area contributed by atoms with Crippen molar-refractivity contribution in [2.45, 2.75) is 20.0 Å². The highest BCUT2D eigenvalue weighted by atomic mass is 32.1. The van der Waals surface area contributed by atoms with Crippen LogP contribution in [0.15, 0.2) is 28.7 Å². The molecule has 1 atom stereocenters. The number of methoxy groups -OCH3 is 1. The summed E-state index contributed by atoms with van der Waals surface area (Å²) in [7, 11) is 1.60. The maximum absolute atomic E-state index is 12.3. The van der Waals surface area contributed by atoms with Crippen LogP contribution in [-0.4, -0.2) is 23.2 Å². The van der Waals surface area contributed by atoms with Gasteiger partial charge in [-0.05, 0) is 38.1 Å². The van der Waals surface area contributed by atoms with Gasteiger partial charge >= 0.3 is 0 Å². The molecule has 6 nitrogen and oxygen atoms in total. The van der Waals surface area contributed by atoms with E-state index in [1.807, 2.05) is 19.9 Å². The summed E-state index contributed by atoms with van der Waals surface area (Å²) in [5, 5.41) is 12.8. The Morgan fingerprint density at radius 1 is 1.36 bits per heavy atom. The van der Waals surface area contributed by atoms with Crippen molar-refractivity contribution in [3.05, 3.63) is 40.6 Å². The van der Waals surface area contributed by atoms with E-state index in [9.17, 15) is 4.79 Å². The van der Waals surface area contributed by atoms with Gasteiger partial charge in [0.25, 0.3) is 5.91 Å². The zero-order valence-corrected chi connectivity index (χ0v) is 13.2. The lowest BCUT2D eigenvalue weighted by Crippen LogP contribution is -2.11. The molecule has 0 fully saturated rings. The van der Waals surface area contributed by atoms with Crippen LogP contribution in [-0.2, 0) is 4.74 Å². The molecule has 114 valence electrons. The highest BCUT2D eigenvalue weighted by Crippen LogP contribution is 2.24. The third-order valence-electron chi connectivity index (χ3n) is 3.26. The topological polar surface area (TPSA) is 77.3 Å². The second kappa shape index (κ2) is 5.86. The van der Waals surface area contributed by atoms with Crippen molar-refractivity contribution in [3.63, 3.8) is 0 Å². The standard InChI is InChI=1S/C15H15N3O3S/c1-8-6-11-7-10(4-5-12(11)21-8)13(19)16-15-18-17-14(22-15)9(2)20-3/h4-7,9H,1-3H3,(H,16,18,19). The Balaban J connectivity index is 1.79. The smallest absolute Gasteiger partial charge is 0.257 e. The number of hydrogen-bond donors (Lipinski definition) is 1. The number of hydrogen-bond acceptors (Lipinski definition) is 6. The molecule has 2 aromatic heterocycles. The molecule has 0 saturated heterocycles. The minimum atomic E-state index is -0.228. The first kappa shape index (κ1) is 14.7. The normalized spacial score (nSPS) is 12.5. The number of aromatic nitrogens is 2. The summed E-state index contributed by atoms with van der Waals surface area (Å²) in [6.07, 6.45) is -0.145. The van der Waals surface area contributed by atoms with Crippen LogP contribution in [0.3, 0.4) is 0 Å². The highest BCUT2D eigenvalue weighted by molar-refractivity contribution is 7.15. The summed E-state index contributed by atoms with van der Waals surface area (Å²) in [6, 6.07) is 7.20. The summed E-state index contributed by atoms with van der Waals surface area (Å²) in [5.74, 6) is 0.586. The number of anilines is 1. The molecular weight excluding hydrogens is 302 g/mol. The van der Waals surface area contributed by atoms with Crippen LogP contribution < -0.4 is 5.32 Å². The quantitative estimate of drug-likeness (QED) is 0.796. The summed E-state index contributed by atoms with van der Waals surface area (Å²) in [4.78, 5) is 12.3. The van der Waals surface area contributed by atoms with Gasteiger partial charge in [0, 0.05) is 18.1 Å². The first-order valence-corrected chi connectivity index (χ1v) is 7.56. The van der Waals surface area contributed by atoms with Gasteiger partial charge in [-0.1, -0.05) is 11.3 Å². The van der Waals surface area contributed by atoms with E-state index in [4.69, 9.17) is 9.15 Å². The van der Waals surface area contributed by atoms with Gasteiger partial charge < -0.3 is 9.15 Å². The number of carbonyl (C=O) groups excluding carboxylic acids is 1. The van der Waals surface area contributed by atoms with Gasteiger partial charge in [-0.15, -0.1) is 10.2 Å². The fourth-order valence-corrected chi connectivity index (χ4v) is 2.80. The van der Waals surface area contributed by atoms with Crippen LogP contribution in [0, 0.1) is 6.92 Å². The zero-order valence-electron chi connectivity index (χ0n) is 12.4. The molecule has 0 bridgehead atoms. The Kier molecular flexibility index (Phi) is 3.91. The third-order valence-corrected chi connectivity index (χ3v) is 4.26. The molecule has 3 aromatic rings. The van der Waals surface area contributed by atoms with Gasteiger partial charge in [-0.25, -0.2) is 0 Å². The number of furan rings is 1. The average Bonchev–Trinajstić information content (AvgIpc) is 3.10. The molecule has 0 aliphatic rings. The summed E-state index contributed by atoms with van der Waals surface area (Å²) in [5.41, 5.74) is 1.31. The minimum Gasteiger partial charge on any atom is -0.461 e. The van der Waals surface area contributed by atoms with Crippen LogP contribution >= 0.6 is 11.3 Å². The lowest BCUT2D eigenvalue weighted by molar-refractivity contribution is 0.102. The Labute approximate surface area is 131 Å². The summed E-state index contributed by atoms with van der Waals surface area (Å²) < 4.78 is 10.7. The minimum absolute atomic E-state index is 0.145. The van der Waals surface area contributed by atoms with E-state index in [0.29, 0.717) is 10.7 Å². The third kappa shape index (κ3) is 2.86. The van der Waals surface area contributed by atoms with Gasteiger partial charge in [-0.3, -0.25) is 10.1 Å². The second-order valence-corrected chi connectivity index (χ2v) is 5.90. The van der Waals surface area contributed by atoms with Crippen molar-refractivity contribution in [1.82, 2.24) is 10.2 Å². The molecule has 0 spiro atoms. The van der Waals surface area contributed by atoms with E-state index >= 15 is 0 Å². The lowest BCUT2D eigenvalue weighted by atomic mass is 10.1. The largest absolute Gasteiger partial charge is 0.461 e. The first-order chi connectivity index (χ1) is 10.6. The van der Waals surface area contributed by atoms with Gasteiger partial charge in [0.05, 0.1) is 0 Å². The van der Waals surface area contributed by atoms with Gasteiger partial charge in [0.1, 0.15) is 22.5 Å².